The molecule has 0 fully saturated rings. The monoisotopic (exact) mass is 283 g/mol. The van der Waals surface area contributed by atoms with Crippen molar-refractivity contribution in [1.29, 1.82) is 0 Å². The van der Waals surface area contributed by atoms with Gasteiger partial charge in [-0.1, -0.05) is 68.4 Å². The Morgan fingerprint density at radius 1 is 1.05 bits per heavy atom. The maximum atomic E-state index is 11.7. The van der Waals surface area contributed by atoms with Crippen LogP contribution in [0.5, 0.6) is 0 Å². The number of amides is 1. The fourth-order valence-corrected chi connectivity index (χ4v) is 2.01. The minimum absolute atomic E-state index is 0.290. The molecule has 0 unspecified atom stereocenters. The van der Waals surface area contributed by atoms with E-state index in [2.05, 4.69) is 31.3 Å². The largest absolute Gasteiger partial charge is 0.445 e. The van der Waals surface area contributed by atoms with E-state index in [1.54, 1.807) is 0 Å². The second-order valence-corrected chi connectivity index (χ2v) is 5.32. The van der Waals surface area contributed by atoms with Crippen molar-refractivity contribution in [3.05, 3.63) is 71.3 Å². The van der Waals surface area contributed by atoms with Gasteiger partial charge in [-0.2, -0.15) is 0 Å². The zero-order valence-corrected chi connectivity index (χ0v) is 12.5. The van der Waals surface area contributed by atoms with Gasteiger partial charge in [0, 0.05) is 6.54 Å². The number of ether oxygens (including phenoxy) is 1. The smallest absolute Gasteiger partial charge is 0.407 e. The maximum Gasteiger partial charge on any atom is 0.407 e. The molecule has 2 aromatic rings. The van der Waals surface area contributed by atoms with Crippen LogP contribution in [0, 0.1) is 0 Å². The summed E-state index contributed by atoms with van der Waals surface area (Å²) in [7, 11) is 0. The number of carbonyl (C=O) groups excluding carboxylic acids is 1. The van der Waals surface area contributed by atoms with E-state index >= 15 is 0 Å². The van der Waals surface area contributed by atoms with Crippen LogP contribution in [0.2, 0.25) is 0 Å². The van der Waals surface area contributed by atoms with Crippen LogP contribution in [0.3, 0.4) is 0 Å². The number of rotatable bonds is 5. The van der Waals surface area contributed by atoms with Gasteiger partial charge in [-0.25, -0.2) is 4.79 Å². The zero-order chi connectivity index (χ0) is 15.1. The second-order valence-electron chi connectivity index (χ2n) is 5.32. The van der Waals surface area contributed by atoms with E-state index in [0.717, 1.165) is 11.1 Å². The van der Waals surface area contributed by atoms with Crippen molar-refractivity contribution in [2.75, 3.05) is 0 Å². The second kappa shape index (κ2) is 7.48. The first-order valence-corrected chi connectivity index (χ1v) is 7.18. The Bertz CT molecular complexity index is 579. The number of nitrogens with one attached hydrogen (secondary N) is 1. The van der Waals surface area contributed by atoms with Gasteiger partial charge in [0.25, 0.3) is 0 Å². The molecule has 0 atom stereocenters. The highest BCUT2D eigenvalue weighted by Gasteiger charge is 2.04. The molecule has 0 saturated carbocycles. The Morgan fingerprint density at radius 3 is 2.48 bits per heavy atom. The standard InChI is InChI=1S/C18H21NO2/c1-14(2)17-10-6-9-16(11-17)12-19-18(20)21-13-15-7-4-3-5-8-15/h3-11,14H,12-13H2,1-2H3,(H,19,20). The van der Waals surface area contributed by atoms with Crippen molar-refractivity contribution in [2.24, 2.45) is 0 Å². The number of carbonyl (C=O) groups is 1. The predicted octanol–water partition coefficient (Wildman–Crippen LogP) is 4.24. The van der Waals surface area contributed by atoms with Gasteiger partial charge in [-0.3, -0.25) is 0 Å². The van der Waals surface area contributed by atoms with Gasteiger partial charge in [0.2, 0.25) is 0 Å². The third kappa shape index (κ3) is 4.95. The number of alkyl carbamates (subject to hydrolysis) is 1. The molecule has 0 spiro atoms. The topological polar surface area (TPSA) is 38.3 Å². The molecule has 0 aliphatic carbocycles. The number of benzene rings is 2. The highest BCUT2D eigenvalue weighted by Crippen LogP contribution is 2.15. The number of hydrogen-bond donors (Lipinski definition) is 1. The Hall–Kier alpha value is -2.29. The first-order valence-electron chi connectivity index (χ1n) is 7.18. The molecule has 1 amide bonds. The van der Waals surface area contributed by atoms with Crippen LogP contribution in [-0.4, -0.2) is 6.09 Å². The minimum atomic E-state index is -0.395. The molecule has 110 valence electrons. The van der Waals surface area contributed by atoms with Crippen LogP contribution in [0.25, 0.3) is 0 Å². The van der Waals surface area contributed by atoms with Crippen LogP contribution in [0.15, 0.2) is 54.6 Å². The first-order chi connectivity index (χ1) is 10.1. The lowest BCUT2D eigenvalue weighted by molar-refractivity contribution is 0.139. The molecule has 2 aromatic carbocycles. The van der Waals surface area contributed by atoms with E-state index in [-0.39, 0.29) is 0 Å². The summed E-state index contributed by atoms with van der Waals surface area (Å²) < 4.78 is 5.18. The van der Waals surface area contributed by atoms with Crippen LogP contribution < -0.4 is 5.32 Å². The summed E-state index contributed by atoms with van der Waals surface area (Å²) in [5.74, 6) is 0.481. The third-order valence-electron chi connectivity index (χ3n) is 3.27. The molecule has 3 nitrogen and oxygen atoms in total. The van der Waals surface area contributed by atoms with Crippen molar-refractivity contribution in [2.45, 2.75) is 32.9 Å². The van der Waals surface area contributed by atoms with Crippen LogP contribution in [0.4, 0.5) is 4.79 Å². The lowest BCUT2D eigenvalue weighted by Gasteiger charge is -2.10. The van der Waals surface area contributed by atoms with Gasteiger partial charge in [-0.05, 0) is 22.6 Å². The molecule has 0 bridgehead atoms. The average molecular weight is 283 g/mol. The molecular formula is C18H21NO2. The van der Waals surface area contributed by atoms with Crippen LogP contribution >= 0.6 is 0 Å². The van der Waals surface area contributed by atoms with Gasteiger partial charge in [0.1, 0.15) is 6.61 Å². The minimum Gasteiger partial charge on any atom is -0.445 e. The normalized spacial score (nSPS) is 10.4. The molecule has 0 aliphatic heterocycles. The third-order valence-corrected chi connectivity index (χ3v) is 3.27. The summed E-state index contributed by atoms with van der Waals surface area (Å²) in [6.07, 6.45) is -0.395. The lowest BCUT2D eigenvalue weighted by Crippen LogP contribution is -2.23. The molecule has 0 radical (unpaired) electrons. The first kappa shape index (κ1) is 15.1. The fraction of sp³-hybridized carbons (Fsp3) is 0.278. The molecule has 0 aliphatic rings. The molecule has 2 rings (SSSR count). The van der Waals surface area contributed by atoms with E-state index in [1.807, 2.05) is 42.5 Å². The number of hydrogen-bond acceptors (Lipinski definition) is 2. The van der Waals surface area contributed by atoms with E-state index in [4.69, 9.17) is 4.74 Å². The van der Waals surface area contributed by atoms with Crippen molar-refractivity contribution in [3.63, 3.8) is 0 Å². The molecule has 3 heteroatoms. The molecule has 1 N–H and O–H groups in total. The van der Waals surface area contributed by atoms with Crippen LogP contribution in [0.1, 0.15) is 36.5 Å². The van der Waals surface area contributed by atoms with Gasteiger partial charge >= 0.3 is 6.09 Å². The summed E-state index contributed by atoms with van der Waals surface area (Å²) in [5, 5.41) is 2.77. The van der Waals surface area contributed by atoms with Gasteiger partial charge in [0.05, 0.1) is 0 Å². The van der Waals surface area contributed by atoms with E-state index in [1.165, 1.54) is 5.56 Å². The summed E-state index contributed by atoms with van der Waals surface area (Å²) >= 11 is 0. The molecule has 0 heterocycles. The summed E-state index contributed by atoms with van der Waals surface area (Å²) in [4.78, 5) is 11.7. The van der Waals surface area contributed by atoms with Gasteiger partial charge < -0.3 is 10.1 Å². The molecule has 0 saturated heterocycles. The van der Waals surface area contributed by atoms with Crippen molar-refractivity contribution in [3.8, 4) is 0 Å². The average Bonchev–Trinajstić information content (AvgIpc) is 2.52. The van der Waals surface area contributed by atoms with E-state index in [9.17, 15) is 4.79 Å². The maximum absolute atomic E-state index is 11.7. The van der Waals surface area contributed by atoms with E-state index in [0.29, 0.717) is 19.1 Å². The Kier molecular flexibility index (Phi) is 5.38. The summed E-state index contributed by atoms with van der Waals surface area (Å²) in [5.41, 5.74) is 3.33. The van der Waals surface area contributed by atoms with Crippen molar-refractivity contribution < 1.29 is 9.53 Å². The highest BCUT2D eigenvalue weighted by atomic mass is 16.5. The van der Waals surface area contributed by atoms with E-state index < -0.39 is 6.09 Å². The Labute approximate surface area is 126 Å². The zero-order valence-electron chi connectivity index (χ0n) is 12.5. The molecular weight excluding hydrogens is 262 g/mol. The van der Waals surface area contributed by atoms with Gasteiger partial charge in [0.15, 0.2) is 0 Å². The highest BCUT2D eigenvalue weighted by molar-refractivity contribution is 5.67. The Balaban J connectivity index is 1.80. The lowest BCUT2D eigenvalue weighted by atomic mass is 10.0. The predicted molar refractivity (Wildman–Crippen MR) is 84.0 cm³/mol. The van der Waals surface area contributed by atoms with Gasteiger partial charge in [-0.15, -0.1) is 0 Å². The summed E-state index contributed by atoms with van der Waals surface area (Å²) in [6.45, 7) is 5.08. The Morgan fingerprint density at radius 2 is 1.76 bits per heavy atom. The summed E-state index contributed by atoms with van der Waals surface area (Å²) in [6, 6.07) is 17.9. The van der Waals surface area contributed by atoms with Crippen LogP contribution in [-0.2, 0) is 17.9 Å². The molecule has 21 heavy (non-hydrogen) atoms. The quantitative estimate of drug-likeness (QED) is 0.891. The fourth-order valence-electron chi connectivity index (χ4n) is 2.01. The van der Waals surface area contributed by atoms with Crippen molar-refractivity contribution in [1.82, 2.24) is 5.32 Å². The van der Waals surface area contributed by atoms with Crippen molar-refractivity contribution >= 4 is 6.09 Å². The SMILES string of the molecule is CC(C)c1cccc(CNC(=O)OCc2ccccc2)c1. The molecule has 0 aromatic heterocycles.